The quantitative estimate of drug-likeness (QED) is 0.730. The Morgan fingerprint density at radius 2 is 1.96 bits per heavy atom. The van der Waals surface area contributed by atoms with Crippen molar-refractivity contribution in [2.75, 3.05) is 20.3 Å². The number of methoxy groups -OCH3 is 1. The van der Waals surface area contributed by atoms with Gasteiger partial charge in [-0.2, -0.15) is 0 Å². The smallest absolute Gasteiger partial charge is 0.315 e. The van der Waals surface area contributed by atoms with Gasteiger partial charge in [0, 0.05) is 5.02 Å². The second kappa shape index (κ2) is 9.13. The highest BCUT2D eigenvalue weighted by atomic mass is 35.5. The molecule has 2 amide bonds. The van der Waals surface area contributed by atoms with Gasteiger partial charge in [-0.05, 0) is 48.9 Å². The molecule has 0 bridgehead atoms. The van der Waals surface area contributed by atoms with Crippen molar-refractivity contribution in [3.8, 4) is 11.5 Å². The van der Waals surface area contributed by atoms with E-state index in [1.807, 2.05) is 0 Å². The normalized spacial score (nSPS) is 11.5. The lowest BCUT2D eigenvalue weighted by molar-refractivity contribution is 0.233. The van der Waals surface area contributed by atoms with E-state index in [-0.39, 0.29) is 17.8 Å². The minimum absolute atomic E-state index is 0.166. The molecule has 2 aromatic rings. The van der Waals surface area contributed by atoms with Crippen molar-refractivity contribution in [1.29, 1.82) is 0 Å². The highest BCUT2D eigenvalue weighted by Gasteiger charge is 2.12. The Morgan fingerprint density at radius 3 is 2.60 bits per heavy atom. The average molecular weight is 367 g/mol. The fourth-order valence-corrected chi connectivity index (χ4v) is 2.27. The van der Waals surface area contributed by atoms with Crippen LogP contribution in [0.25, 0.3) is 0 Å². The predicted octanol–water partition coefficient (Wildman–Crippen LogP) is 3.93. The topological polar surface area (TPSA) is 59.6 Å². The Hall–Kier alpha value is -2.47. The van der Waals surface area contributed by atoms with Crippen LogP contribution in [0.5, 0.6) is 11.5 Å². The molecule has 0 saturated heterocycles. The molecule has 0 aliphatic rings. The summed E-state index contributed by atoms with van der Waals surface area (Å²) in [6, 6.07) is 10.8. The number of nitrogens with one attached hydrogen (secondary N) is 2. The van der Waals surface area contributed by atoms with Crippen LogP contribution < -0.4 is 20.1 Å². The lowest BCUT2D eigenvalue weighted by atomic mass is 10.1. The summed E-state index contributed by atoms with van der Waals surface area (Å²) in [5.74, 6) is 0.374. The van der Waals surface area contributed by atoms with Crippen LogP contribution in [0, 0.1) is 5.82 Å². The van der Waals surface area contributed by atoms with Crippen LogP contribution in [0.15, 0.2) is 42.5 Å². The fourth-order valence-electron chi connectivity index (χ4n) is 2.15. The molecule has 0 heterocycles. The molecule has 5 nitrogen and oxygen atoms in total. The van der Waals surface area contributed by atoms with E-state index in [2.05, 4.69) is 10.6 Å². The van der Waals surface area contributed by atoms with Crippen molar-refractivity contribution >= 4 is 17.6 Å². The second-order valence-corrected chi connectivity index (χ2v) is 5.75. The monoisotopic (exact) mass is 366 g/mol. The summed E-state index contributed by atoms with van der Waals surface area (Å²) in [5, 5.41) is 6.05. The summed E-state index contributed by atoms with van der Waals surface area (Å²) in [5.41, 5.74) is 0.644. The number of carbonyl (C=O) groups excluding carboxylic acids is 1. The average Bonchev–Trinajstić information content (AvgIpc) is 2.60. The fraction of sp³-hybridized carbons (Fsp3) is 0.278. The molecule has 1 atom stereocenters. The summed E-state index contributed by atoms with van der Waals surface area (Å²) in [7, 11) is 1.40. The lowest BCUT2D eigenvalue weighted by Crippen LogP contribution is -2.39. The molecular formula is C18H20ClFN2O3. The zero-order valence-corrected chi connectivity index (χ0v) is 14.8. The van der Waals surface area contributed by atoms with Gasteiger partial charge in [-0.1, -0.05) is 17.7 Å². The van der Waals surface area contributed by atoms with E-state index < -0.39 is 5.82 Å². The minimum atomic E-state index is -0.467. The number of benzene rings is 2. The summed E-state index contributed by atoms with van der Waals surface area (Å²) < 4.78 is 24.1. The van der Waals surface area contributed by atoms with Gasteiger partial charge in [0.15, 0.2) is 11.6 Å². The van der Waals surface area contributed by atoms with Gasteiger partial charge in [0.05, 0.1) is 19.7 Å². The Bertz CT molecular complexity index is 710. The van der Waals surface area contributed by atoms with Crippen LogP contribution in [0.4, 0.5) is 9.18 Å². The van der Waals surface area contributed by atoms with Crippen molar-refractivity contribution in [2.24, 2.45) is 0 Å². The van der Waals surface area contributed by atoms with Gasteiger partial charge < -0.3 is 20.1 Å². The van der Waals surface area contributed by atoms with E-state index in [4.69, 9.17) is 21.1 Å². The molecule has 0 spiro atoms. The maximum absolute atomic E-state index is 13.7. The number of hydrogen-bond acceptors (Lipinski definition) is 3. The first kappa shape index (κ1) is 18.9. The van der Waals surface area contributed by atoms with Gasteiger partial charge >= 0.3 is 6.03 Å². The first-order chi connectivity index (χ1) is 12.0. The summed E-state index contributed by atoms with van der Waals surface area (Å²) in [4.78, 5) is 11.9. The molecule has 0 fully saturated rings. The molecule has 134 valence electrons. The number of halogens is 2. The van der Waals surface area contributed by atoms with Gasteiger partial charge in [0.25, 0.3) is 0 Å². The SMILES string of the molecule is COc1ccc([C@@H](C)NC(=O)NCCOc2ccc(Cl)cc2)cc1F. The maximum atomic E-state index is 13.7. The van der Waals surface area contributed by atoms with Crippen LogP contribution >= 0.6 is 11.6 Å². The van der Waals surface area contributed by atoms with E-state index in [1.165, 1.54) is 19.2 Å². The van der Waals surface area contributed by atoms with Gasteiger partial charge in [-0.25, -0.2) is 9.18 Å². The van der Waals surface area contributed by atoms with Crippen LogP contribution in [0.2, 0.25) is 5.02 Å². The van der Waals surface area contributed by atoms with Gasteiger partial charge in [-0.15, -0.1) is 0 Å². The van der Waals surface area contributed by atoms with Gasteiger partial charge in [0.2, 0.25) is 0 Å². The molecule has 25 heavy (non-hydrogen) atoms. The zero-order valence-electron chi connectivity index (χ0n) is 14.0. The van der Waals surface area contributed by atoms with Crippen LogP contribution in [0.3, 0.4) is 0 Å². The number of hydrogen-bond donors (Lipinski definition) is 2. The Balaban J connectivity index is 1.74. The molecule has 0 unspecified atom stereocenters. The summed E-state index contributed by atoms with van der Waals surface area (Å²) in [6.45, 7) is 2.42. The van der Waals surface area contributed by atoms with E-state index in [0.717, 1.165) is 0 Å². The van der Waals surface area contributed by atoms with Crippen molar-refractivity contribution in [3.05, 3.63) is 58.9 Å². The van der Waals surface area contributed by atoms with Gasteiger partial charge in [-0.3, -0.25) is 0 Å². The first-order valence-electron chi connectivity index (χ1n) is 7.75. The molecule has 0 aliphatic carbocycles. The molecular weight excluding hydrogens is 347 g/mol. The molecule has 2 N–H and O–H groups in total. The maximum Gasteiger partial charge on any atom is 0.315 e. The first-order valence-corrected chi connectivity index (χ1v) is 8.13. The molecule has 2 aromatic carbocycles. The molecule has 0 aromatic heterocycles. The number of carbonyl (C=O) groups is 1. The number of urea groups is 1. The van der Waals surface area contributed by atoms with Gasteiger partial charge in [0.1, 0.15) is 12.4 Å². The zero-order chi connectivity index (χ0) is 18.2. The number of ether oxygens (including phenoxy) is 2. The van der Waals surface area contributed by atoms with E-state index in [1.54, 1.807) is 37.3 Å². The third-order valence-corrected chi connectivity index (χ3v) is 3.75. The minimum Gasteiger partial charge on any atom is -0.494 e. The third-order valence-electron chi connectivity index (χ3n) is 3.49. The van der Waals surface area contributed by atoms with Crippen molar-refractivity contribution in [1.82, 2.24) is 10.6 Å². The highest BCUT2D eigenvalue weighted by Crippen LogP contribution is 2.21. The molecule has 7 heteroatoms. The van der Waals surface area contributed by atoms with Crippen LogP contribution in [-0.4, -0.2) is 26.3 Å². The van der Waals surface area contributed by atoms with E-state index >= 15 is 0 Å². The Kier molecular flexibility index (Phi) is 6.89. The standard InChI is InChI=1S/C18H20ClFN2O3/c1-12(13-3-8-17(24-2)16(20)11-13)22-18(23)21-9-10-25-15-6-4-14(19)5-7-15/h3-8,11-12H,9-10H2,1-2H3,(H2,21,22,23)/t12-/m1/s1. The molecule has 2 rings (SSSR count). The van der Waals surface area contributed by atoms with Crippen LogP contribution in [-0.2, 0) is 0 Å². The second-order valence-electron chi connectivity index (χ2n) is 5.32. The predicted molar refractivity (Wildman–Crippen MR) is 94.8 cm³/mol. The van der Waals surface area contributed by atoms with Crippen molar-refractivity contribution in [2.45, 2.75) is 13.0 Å². The Labute approximate surface area is 151 Å². The highest BCUT2D eigenvalue weighted by molar-refractivity contribution is 6.30. The van der Waals surface area contributed by atoms with E-state index in [9.17, 15) is 9.18 Å². The third kappa shape index (κ3) is 5.83. The Morgan fingerprint density at radius 1 is 1.24 bits per heavy atom. The molecule has 0 radical (unpaired) electrons. The number of amides is 2. The molecule has 0 saturated carbocycles. The summed E-state index contributed by atoms with van der Waals surface area (Å²) >= 11 is 5.79. The van der Waals surface area contributed by atoms with Crippen LogP contribution in [0.1, 0.15) is 18.5 Å². The largest absolute Gasteiger partial charge is 0.494 e. The summed E-state index contributed by atoms with van der Waals surface area (Å²) in [6.07, 6.45) is 0. The van der Waals surface area contributed by atoms with Crippen molar-refractivity contribution in [3.63, 3.8) is 0 Å². The molecule has 0 aliphatic heterocycles. The van der Waals surface area contributed by atoms with Crippen molar-refractivity contribution < 1.29 is 18.7 Å². The van der Waals surface area contributed by atoms with E-state index in [0.29, 0.717) is 29.5 Å². The number of rotatable bonds is 7. The lowest BCUT2D eigenvalue weighted by Gasteiger charge is -2.16.